The average Bonchev–Trinajstić information content (AvgIpc) is 3.14. The Hall–Kier alpha value is -3.41. The summed E-state index contributed by atoms with van der Waals surface area (Å²) in [6.07, 6.45) is 0. The Morgan fingerprint density at radius 1 is 1.00 bits per heavy atom. The van der Waals surface area contributed by atoms with Crippen molar-refractivity contribution < 1.29 is 23.7 Å². The van der Waals surface area contributed by atoms with Crippen molar-refractivity contribution in [3.05, 3.63) is 42.0 Å². The molecular formula is C21H17NO5. The minimum Gasteiger partial charge on any atom is -0.493 e. The van der Waals surface area contributed by atoms with Gasteiger partial charge >= 0.3 is 0 Å². The zero-order chi connectivity index (χ0) is 18.7. The van der Waals surface area contributed by atoms with Crippen LogP contribution in [0.2, 0.25) is 0 Å². The Labute approximate surface area is 155 Å². The van der Waals surface area contributed by atoms with E-state index in [4.69, 9.17) is 18.9 Å². The molecule has 1 amide bonds. The molecule has 0 fully saturated rings. The first-order chi connectivity index (χ1) is 13.1. The third-order valence-electron chi connectivity index (χ3n) is 5.17. The van der Waals surface area contributed by atoms with E-state index < -0.39 is 0 Å². The molecule has 6 nitrogen and oxygen atoms in total. The zero-order valence-electron chi connectivity index (χ0n) is 15.2. The standard InChI is InChI=1S/C21H17NO5/c1-22-14-6-4-5-11-7-17-20(27-10-26-17)19(18(11)14)12-8-15(24-2)16(25-3)9-13(12)21(22)23/h4-9H,10H2,1-3H3. The maximum atomic E-state index is 13.3. The summed E-state index contributed by atoms with van der Waals surface area (Å²) in [5.74, 6) is 2.25. The van der Waals surface area contributed by atoms with Gasteiger partial charge in [0, 0.05) is 23.6 Å². The van der Waals surface area contributed by atoms with Crippen LogP contribution in [0.4, 0.5) is 5.69 Å². The third-order valence-corrected chi connectivity index (χ3v) is 5.17. The summed E-state index contributed by atoms with van der Waals surface area (Å²) in [6.45, 7) is 0.153. The van der Waals surface area contributed by atoms with E-state index in [1.807, 2.05) is 30.3 Å². The lowest BCUT2D eigenvalue weighted by Gasteiger charge is -2.18. The minimum atomic E-state index is -0.123. The van der Waals surface area contributed by atoms with Crippen LogP contribution in [0.25, 0.3) is 21.9 Å². The highest BCUT2D eigenvalue weighted by atomic mass is 16.7. The topological polar surface area (TPSA) is 57.2 Å². The van der Waals surface area contributed by atoms with Crippen LogP contribution in [0.5, 0.6) is 23.0 Å². The molecule has 0 saturated carbocycles. The third kappa shape index (κ3) is 2.04. The van der Waals surface area contributed by atoms with E-state index in [9.17, 15) is 4.79 Å². The Balaban J connectivity index is 1.99. The summed E-state index contributed by atoms with van der Waals surface area (Å²) in [7, 11) is 4.91. The van der Waals surface area contributed by atoms with Crippen LogP contribution < -0.4 is 23.8 Å². The monoisotopic (exact) mass is 363 g/mol. The molecule has 0 radical (unpaired) electrons. The molecule has 136 valence electrons. The van der Waals surface area contributed by atoms with E-state index in [1.165, 1.54) is 0 Å². The van der Waals surface area contributed by atoms with Gasteiger partial charge in [-0.3, -0.25) is 4.79 Å². The fourth-order valence-corrected chi connectivity index (χ4v) is 3.89. The van der Waals surface area contributed by atoms with Crippen LogP contribution in [0, 0.1) is 0 Å². The van der Waals surface area contributed by atoms with Crippen molar-refractivity contribution in [1.82, 2.24) is 0 Å². The van der Waals surface area contributed by atoms with Gasteiger partial charge in [-0.1, -0.05) is 12.1 Å². The molecule has 27 heavy (non-hydrogen) atoms. The van der Waals surface area contributed by atoms with Crippen molar-refractivity contribution in [3.63, 3.8) is 0 Å². The van der Waals surface area contributed by atoms with Gasteiger partial charge in [0.1, 0.15) is 0 Å². The Bertz CT molecular complexity index is 1120. The SMILES string of the molecule is COc1cc2c(cc1OC)-c1c3c(cc4cccc(c14)N(C)C2=O)OCO3. The lowest BCUT2D eigenvalue weighted by atomic mass is 9.93. The van der Waals surface area contributed by atoms with Crippen LogP contribution in [0.1, 0.15) is 10.4 Å². The molecule has 0 aliphatic carbocycles. The normalized spacial score (nSPS) is 14.2. The van der Waals surface area contributed by atoms with E-state index in [-0.39, 0.29) is 12.7 Å². The molecule has 3 aromatic carbocycles. The van der Waals surface area contributed by atoms with Gasteiger partial charge in [-0.15, -0.1) is 0 Å². The van der Waals surface area contributed by atoms with Gasteiger partial charge in [0.2, 0.25) is 6.79 Å². The van der Waals surface area contributed by atoms with Gasteiger partial charge in [0.15, 0.2) is 23.0 Å². The van der Waals surface area contributed by atoms with E-state index in [0.29, 0.717) is 28.6 Å². The number of ether oxygens (including phenoxy) is 4. The van der Waals surface area contributed by atoms with Gasteiger partial charge in [0.25, 0.3) is 5.91 Å². The summed E-state index contributed by atoms with van der Waals surface area (Å²) in [5.41, 5.74) is 2.92. The highest BCUT2D eigenvalue weighted by Crippen LogP contribution is 2.52. The lowest BCUT2D eigenvalue weighted by molar-refractivity contribution is 0.0994. The Morgan fingerprint density at radius 2 is 1.74 bits per heavy atom. The van der Waals surface area contributed by atoms with E-state index in [2.05, 4.69) is 0 Å². The first-order valence-corrected chi connectivity index (χ1v) is 8.53. The molecule has 2 heterocycles. The molecule has 2 aliphatic rings. The van der Waals surface area contributed by atoms with Crippen molar-refractivity contribution in [2.24, 2.45) is 0 Å². The molecule has 0 N–H and O–H groups in total. The summed E-state index contributed by atoms with van der Waals surface area (Å²) < 4.78 is 22.4. The number of anilines is 1. The van der Waals surface area contributed by atoms with Gasteiger partial charge in [-0.2, -0.15) is 0 Å². The number of amides is 1. The van der Waals surface area contributed by atoms with Crippen LogP contribution in [0.3, 0.4) is 0 Å². The molecule has 6 heteroatoms. The van der Waals surface area contributed by atoms with Gasteiger partial charge < -0.3 is 23.8 Å². The number of hydrogen-bond acceptors (Lipinski definition) is 5. The molecule has 0 unspecified atom stereocenters. The van der Waals surface area contributed by atoms with Gasteiger partial charge in [0.05, 0.1) is 25.5 Å². The molecule has 0 saturated heterocycles. The molecule has 0 atom stereocenters. The second-order valence-corrected chi connectivity index (χ2v) is 6.48. The maximum absolute atomic E-state index is 13.3. The number of carbonyl (C=O) groups excluding carboxylic acids is 1. The molecule has 0 bridgehead atoms. The number of nitrogens with zero attached hydrogens (tertiary/aromatic N) is 1. The Kier molecular flexibility index (Phi) is 3.25. The van der Waals surface area contributed by atoms with Crippen molar-refractivity contribution >= 4 is 22.4 Å². The first-order valence-electron chi connectivity index (χ1n) is 8.53. The van der Waals surface area contributed by atoms with Crippen molar-refractivity contribution in [2.75, 3.05) is 33.0 Å². The number of methoxy groups -OCH3 is 2. The van der Waals surface area contributed by atoms with Crippen molar-refractivity contribution in [2.45, 2.75) is 0 Å². The summed E-state index contributed by atoms with van der Waals surface area (Å²) in [5, 5.41) is 1.93. The predicted octanol–water partition coefficient (Wildman–Crippen LogP) is 3.84. The second-order valence-electron chi connectivity index (χ2n) is 6.48. The van der Waals surface area contributed by atoms with Crippen molar-refractivity contribution in [1.29, 1.82) is 0 Å². The summed E-state index contributed by atoms with van der Waals surface area (Å²) in [4.78, 5) is 14.9. The van der Waals surface area contributed by atoms with Crippen LogP contribution in [-0.2, 0) is 0 Å². The molecule has 0 aromatic heterocycles. The second kappa shape index (κ2) is 5.54. The van der Waals surface area contributed by atoms with Gasteiger partial charge in [-0.05, 0) is 29.7 Å². The molecule has 3 aromatic rings. The number of hydrogen-bond donors (Lipinski definition) is 0. The Morgan fingerprint density at radius 3 is 2.48 bits per heavy atom. The molecule has 5 rings (SSSR count). The first kappa shape index (κ1) is 15.8. The van der Waals surface area contributed by atoms with Crippen LogP contribution in [0.15, 0.2) is 36.4 Å². The summed E-state index contributed by atoms with van der Waals surface area (Å²) in [6, 6.07) is 11.4. The summed E-state index contributed by atoms with van der Waals surface area (Å²) >= 11 is 0. The largest absolute Gasteiger partial charge is 0.493 e. The quantitative estimate of drug-likeness (QED) is 0.692. The smallest absolute Gasteiger partial charge is 0.258 e. The van der Waals surface area contributed by atoms with Crippen molar-refractivity contribution in [3.8, 4) is 34.1 Å². The fourth-order valence-electron chi connectivity index (χ4n) is 3.89. The number of fused-ring (bicyclic) bond motifs is 4. The van der Waals surface area contributed by atoms with E-state index >= 15 is 0 Å². The number of rotatable bonds is 2. The highest BCUT2D eigenvalue weighted by Gasteiger charge is 2.32. The van der Waals surface area contributed by atoms with Crippen LogP contribution >= 0.6 is 0 Å². The molecule has 0 spiro atoms. The lowest BCUT2D eigenvalue weighted by Crippen LogP contribution is -2.25. The van der Waals surface area contributed by atoms with Crippen LogP contribution in [-0.4, -0.2) is 34.0 Å². The van der Waals surface area contributed by atoms with E-state index in [1.54, 1.807) is 32.2 Å². The predicted molar refractivity (Wildman–Crippen MR) is 101 cm³/mol. The zero-order valence-corrected chi connectivity index (χ0v) is 15.2. The minimum absolute atomic E-state index is 0.123. The van der Waals surface area contributed by atoms with Gasteiger partial charge in [-0.25, -0.2) is 0 Å². The molecular weight excluding hydrogens is 346 g/mol. The number of carbonyl (C=O) groups is 1. The maximum Gasteiger partial charge on any atom is 0.258 e. The van der Waals surface area contributed by atoms with E-state index in [0.717, 1.165) is 27.6 Å². The average molecular weight is 363 g/mol. The highest BCUT2D eigenvalue weighted by molar-refractivity contribution is 6.22. The molecule has 2 aliphatic heterocycles. The number of benzene rings is 3. The fraction of sp³-hybridized carbons (Fsp3) is 0.190.